The van der Waals surface area contributed by atoms with Gasteiger partial charge in [-0.1, -0.05) is 37.3 Å². The first-order valence-electron chi connectivity index (χ1n) is 8.77. The van der Waals surface area contributed by atoms with Crippen LogP contribution < -0.4 is 5.32 Å². The second-order valence-electron chi connectivity index (χ2n) is 6.20. The molecular weight excluding hydrogens is 340 g/mol. The van der Waals surface area contributed by atoms with E-state index >= 15 is 0 Å². The highest BCUT2D eigenvalue weighted by atomic mass is 32.1. The number of pyridine rings is 1. The molecule has 0 amide bonds. The van der Waals surface area contributed by atoms with Gasteiger partial charge >= 0.3 is 0 Å². The number of anilines is 1. The zero-order chi connectivity index (χ0) is 17.9. The fraction of sp³-hybridized carbons (Fsp3) is 0.190. The Morgan fingerprint density at radius 2 is 1.92 bits per heavy atom. The summed E-state index contributed by atoms with van der Waals surface area (Å²) >= 11 is 1.73. The number of fused-ring (bicyclic) bond motifs is 1. The molecule has 0 fully saturated rings. The van der Waals surface area contributed by atoms with Gasteiger partial charge in [0.1, 0.15) is 10.6 Å². The fourth-order valence-corrected chi connectivity index (χ4v) is 3.88. The minimum atomic E-state index is 0.154. The van der Waals surface area contributed by atoms with E-state index in [9.17, 15) is 0 Å². The van der Waals surface area contributed by atoms with Crippen molar-refractivity contribution in [2.24, 2.45) is 0 Å². The molecular formula is C21H20N4S. The van der Waals surface area contributed by atoms with E-state index in [1.54, 1.807) is 23.7 Å². The summed E-state index contributed by atoms with van der Waals surface area (Å²) in [5.41, 5.74) is 2.16. The molecule has 3 heterocycles. The third-order valence-corrected chi connectivity index (χ3v) is 5.54. The molecule has 4 aromatic rings. The number of aromatic nitrogens is 3. The maximum Gasteiger partial charge on any atom is 0.164 e. The third kappa shape index (κ3) is 3.30. The number of hydrogen-bond acceptors (Lipinski definition) is 5. The minimum absolute atomic E-state index is 0.154. The number of nitrogens with zero attached hydrogens (tertiary/aromatic N) is 3. The van der Waals surface area contributed by atoms with Crippen molar-refractivity contribution < 1.29 is 0 Å². The van der Waals surface area contributed by atoms with E-state index in [-0.39, 0.29) is 6.04 Å². The minimum Gasteiger partial charge on any atom is -0.363 e. The molecule has 1 unspecified atom stereocenters. The lowest BCUT2D eigenvalue weighted by molar-refractivity contribution is 0.876. The monoisotopic (exact) mass is 360 g/mol. The normalized spacial score (nSPS) is 12.2. The van der Waals surface area contributed by atoms with Crippen LogP contribution >= 0.6 is 11.3 Å². The van der Waals surface area contributed by atoms with E-state index in [0.717, 1.165) is 28.0 Å². The average molecular weight is 360 g/mol. The SMILES string of the molecule is CCc1cc2c(NC(C)c3ccccc3)nc(-c3cccnc3)nc2s1. The van der Waals surface area contributed by atoms with Crippen molar-refractivity contribution in [1.29, 1.82) is 0 Å². The van der Waals surface area contributed by atoms with Crippen LogP contribution in [0.25, 0.3) is 21.6 Å². The number of aryl methyl sites for hydroxylation is 1. The molecule has 4 nitrogen and oxygen atoms in total. The number of thiophene rings is 1. The van der Waals surface area contributed by atoms with E-state index in [0.29, 0.717) is 5.82 Å². The van der Waals surface area contributed by atoms with Gasteiger partial charge in [-0.05, 0) is 37.1 Å². The van der Waals surface area contributed by atoms with Gasteiger partial charge < -0.3 is 5.32 Å². The largest absolute Gasteiger partial charge is 0.363 e. The van der Waals surface area contributed by atoms with Crippen molar-refractivity contribution in [3.8, 4) is 11.4 Å². The van der Waals surface area contributed by atoms with Crippen LogP contribution in [-0.2, 0) is 6.42 Å². The van der Waals surface area contributed by atoms with Crippen LogP contribution in [-0.4, -0.2) is 15.0 Å². The summed E-state index contributed by atoms with van der Waals surface area (Å²) in [4.78, 5) is 16.1. The number of nitrogens with one attached hydrogen (secondary N) is 1. The van der Waals surface area contributed by atoms with Crippen molar-refractivity contribution in [1.82, 2.24) is 15.0 Å². The summed E-state index contributed by atoms with van der Waals surface area (Å²) in [5, 5.41) is 4.67. The fourth-order valence-electron chi connectivity index (χ4n) is 2.91. The molecule has 1 aromatic carbocycles. The maximum absolute atomic E-state index is 4.83. The Kier molecular flexibility index (Phi) is 4.63. The molecule has 3 aromatic heterocycles. The topological polar surface area (TPSA) is 50.7 Å². The number of rotatable bonds is 5. The summed E-state index contributed by atoms with van der Waals surface area (Å²) in [6.45, 7) is 4.32. The standard InChI is InChI=1S/C21H20N4S/c1-3-17-12-18-20(23-14(2)15-8-5-4-6-9-15)24-19(25-21(18)26-17)16-10-7-11-22-13-16/h4-14H,3H2,1-2H3,(H,23,24,25). The number of benzene rings is 1. The molecule has 1 atom stereocenters. The Labute approximate surface area is 157 Å². The first kappa shape index (κ1) is 16.7. The van der Waals surface area contributed by atoms with Crippen molar-refractivity contribution in [2.75, 3.05) is 5.32 Å². The summed E-state index contributed by atoms with van der Waals surface area (Å²) in [6, 6.07) is 16.7. The Morgan fingerprint density at radius 3 is 2.65 bits per heavy atom. The van der Waals surface area contributed by atoms with Crippen molar-refractivity contribution in [3.05, 3.63) is 71.4 Å². The van der Waals surface area contributed by atoms with E-state index in [1.165, 1.54) is 10.4 Å². The Bertz CT molecular complexity index is 1010. The van der Waals surface area contributed by atoms with Gasteiger partial charge in [-0.2, -0.15) is 0 Å². The maximum atomic E-state index is 4.83. The van der Waals surface area contributed by atoms with Crippen LogP contribution in [0.2, 0.25) is 0 Å². The highest BCUT2D eigenvalue weighted by Crippen LogP contribution is 2.33. The zero-order valence-corrected chi connectivity index (χ0v) is 15.6. The van der Waals surface area contributed by atoms with Gasteiger partial charge in [-0.3, -0.25) is 4.98 Å². The lowest BCUT2D eigenvalue weighted by atomic mass is 10.1. The summed E-state index contributed by atoms with van der Waals surface area (Å²) in [5.74, 6) is 1.58. The molecule has 0 radical (unpaired) electrons. The average Bonchev–Trinajstić information content (AvgIpc) is 3.13. The lowest BCUT2D eigenvalue weighted by Gasteiger charge is -2.16. The van der Waals surface area contributed by atoms with Crippen LogP contribution in [0.5, 0.6) is 0 Å². The molecule has 0 aliphatic heterocycles. The van der Waals surface area contributed by atoms with Crippen LogP contribution in [0.1, 0.15) is 30.3 Å². The molecule has 0 spiro atoms. The highest BCUT2D eigenvalue weighted by Gasteiger charge is 2.15. The summed E-state index contributed by atoms with van der Waals surface area (Å²) in [6.07, 6.45) is 4.57. The van der Waals surface area contributed by atoms with E-state index in [1.807, 2.05) is 18.2 Å². The molecule has 0 bridgehead atoms. The van der Waals surface area contributed by atoms with E-state index in [4.69, 9.17) is 9.97 Å². The molecule has 0 saturated heterocycles. The second-order valence-corrected chi connectivity index (χ2v) is 7.31. The van der Waals surface area contributed by atoms with Crippen molar-refractivity contribution >= 4 is 27.4 Å². The van der Waals surface area contributed by atoms with Crippen LogP contribution in [0.3, 0.4) is 0 Å². The zero-order valence-electron chi connectivity index (χ0n) is 14.8. The molecule has 0 aliphatic carbocycles. The van der Waals surface area contributed by atoms with Crippen LogP contribution in [0, 0.1) is 0 Å². The second kappa shape index (κ2) is 7.22. The van der Waals surface area contributed by atoms with Crippen LogP contribution in [0.4, 0.5) is 5.82 Å². The van der Waals surface area contributed by atoms with Gasteiger partial charge in [-0.25, -0.2) is 9.97 Å². The van der Waals surface area contributed by atoms with Gasteiger partial charge in [0, 0.05) is 28.9 Å². The van der Waals surface area contributed by atoms with Gasteiger partial charge in [0.15, 0.2) is 5.82 Å². The molecule has 4 rings (SSSR count). The molecule has 1 N–H and O–H groups in total. The van der Waals surface area contributed by atoms with Gasteiger partial charge in [0.05, 0.1) is 5.39 Å². The smallest absolute Gasteiger partial charge is 0.164 e. The van der Waals surface area contributed by atoms with Gasteiger partial charge in [0.25, 0.3) is 0 Å². The predicted molar refractivity (Wildman–Crippen MR) is 109 cm³/mol. The highest BCUT2D eigenvalue weighted by molar-refractivity contribution is 7.18. The Hall–Kier alpha value is -2.79. The van der Waals surface area contributed by atoms with E-state index in [2.05, 4.69) is 54.5 Å². The predicted octanol–water partition coefficient (Wildman–Crippen LogP) is 5.49. The van der Waals surface area contributed by atoms with Crippen molar-refractivity contribution in [2.45, 2.75) is 26.3 Å². The van der Waals surface area contributed by atoms with Gasteiger partial charge in [0.2, 0.25) is 0 Å². The third-order valence-electron chi connectivity index (χ3n) is 4.36. The molecule has 5 heteroatoms. The van der Waals surface area contributed by atoms with E-state index < -0.39 is 0 Å². The first-order chi connectivity index (χ1) is 12.7. The lowest BCUT2D eigenvalue weighted by Crippen LogP contribution is -2.09. The Balaban J connectivity index is 1.79. The molecule has 130 valence electrons. The number of hydrogen-bond donors (Lipinski definition) is 1. The summed E-state index contributed by atoms with van der Waals surface area (Å²) in [7, 11) is 0. The van der Waals surface area contributed by atoms with Crippen LogP contribution in [0.15, 0.2) is 60.9 Å². The molecule has 26 heavy (non-hydrogen) atoms. The van der Waals surface area contributed by atoms with Crippen molar-refractivity contribution in [3.63, 3.8) is 0 Å². The van der Waals surface area contributed by atoms with Gasteiger partial charge in [-0.15, -0.1) is 11.3 Å². The quantitative estimate of drug-likeness (QED) is 0.511. The molecule has 0 saturated carbocycles. The first-order valence-corrected chi connectivity index (χ1v) is 9.58. The Morgan fingerprint density at radius 1 is 1.08 bits per heavy atom. The molecule has 0 aliphatic rings. The summed E-state index contributed by atoms with van der Waals surface area (Å²) < 4.78 is 0.